The van der Waals surface area contributed by atoms with Crippen molar-refractivity contribution in [1.82, 2.24) is 0 Å². The molecule has 1 aliphatic rings. The van der Waals surface area contributed by atoms with E-state index in [9.17, 15) is 0 Å². The second kappa shape index (κ2) is 5.68. The SMILES string of the molecule is BrCc1ccc(Br)cc1N1CCCc2ccccc21. The number of benzene rings is 2. The molecule has 0 saturated heterocycles. The van der Waals surface area contributed by atoms with Crippen molar-refractivity contribution in [2.24, 2.45) is 0 Å². The van der Waals surface area contributed by atoms with Crippen LogP contribution in [0.25, 0.3) is 0 Å². The average Bonchev–Trinajstić information content (AvgIpc) is 2.46. The fourth-order valence-corrected chi connectivity index (χ4v) is 3.51. The van der Waals surface area contributed by atoms with Crippen molar-refractivity contribution in [3.8, 4) is 0 Å². The number of hydrogen-bond donors (Lipinski definition) is 0. The van der Waals surface area contributed by atoms with Crippen LogP contribution in [0.4, 0.5) is 11.4 Å². The monoisotopic (exact) mass is 379 g/mol. The van der Waals surface area contributed by atoms with E-state index in [0.717, 1.165) is 16.3 Å². The van der Waals surface area contributed by atoms with Crippen molar-refractivity contribution in [3.63, 3.8) is 0 Å². The summed E-state index contributed by atoms with van der Waals surface area (Å²) < 4.78 is 1.13. The quantitative estimate of drug-likeness (QED) is 0.628. The second-order valence-corrected chi connectivity index (χ2v) is 6.27. The van der Waals surface area contributed by atoms with Crippen LogP contribution in [0.1, 0.15) is 17.5 Å². The van der Waals surface area contributed by atoms with E-state index in [1.165, 1.54) is 35.3 Å². The molecule has 0 spiro atoms. The van der Waals surface area contributed by atoms with Gasteiger partial charge in [0.1, 0.15) is 0 Å². The third-order valence-electron chi connectivity index (χ3n) is 3.59. The van der Waals surface area contributed by atoms with Gasteiger partial charge in [-0.2, -0.15) is 0 Å². The Hall–Kier alpha value is -0.800. The molecule has 1 heterocycles. The summed E-state index contributed by atoms with van der Waals surface area (Å²) in [7, 11) is 0. The molecule has 1 aliphatic heterocycles. The Morgan fingerprint density at radius 2 is 1.89 bits per heavy atom. The van der Waals surface area contributed by atoms with Gasteiger partial charge in [0.25, 0.3) is 0 Å². The van der Waals surface area contributed by atoms with Crippen LogP contribution < -0.4 is 4.90 Å². The molecule has 3 rings (SSSR count). The smallest absolute Gasteiger partial charge is 0.0463 e. The van der Waals surface area contributed by atoms with Gasteiger partial charge in [0.2, 0.25) is 0 Å². The molecule has 0 amide bonds. The molecule has 0 aliphatic carbocycles. The van der Waals surface area contributed by atoms with E-state index >= 15 is 0 Å². The summed E-state index contributed by atoms with van der Waals surface area (Å²) in [5.74, 6) is 0. The highest BCUT2D eigenvalue weighted by molar-refractivity contribution is 9.10. The molecule has 0 bridgehead atoms. The molecule has 3 heteroatoms. The van der Waals surface area contributed by atoms with E-state index in [4.69, 9.17) is 0 Å². The van der Waals surface area contributed by atoms with Crippen molar-refractivity contribution < 1.29 is 0 Å². The van der Waals surface area contributed by atoms with Gasteiger partial charge in [-0.3, -0.25) is 0 Å². The topological polar surface area (TPSA) is 3.24 Å². The Kier molecular flexibility index (Phi) is 3.94. The zero-order chi connectivity index (χ0) is 13.2. The van der Waals surface area contributed by atoms with Crippen LogP contribution in [0.15, 0.2) is 46.9 Å². The predicted octanol–water partition coefficient (Wildman–Crippen LogP) is 5.43. The molecule has 0 atom stereocenters. The molecular weight excluding hydrogens is 366 g/mol. The molecule has 0 radical (unpaired) electrons. The zero-order valence-corrected chi connectivity index (χ0v) is 13.7. The van der Waals surface area contributed by atoms with E-state index in [2.05, 4.69) is 79.2 Å². The van der Waals surface area contributed by atoms with Gasteiger partial charge in [-0.15, -0.1) is 0 Å². The molecule has 2 aromatic carbocycles. The number of para-hydroxylation sites is 1. The first-order chi connectivity index (χ1) is 9.29. The summed E-state index contributed by atoms with van der Waals surface area (Å²) in [6.07, 6.45) is 2.40. The summed E-state index contributed by atoms with van der Waals surface area (Å²) in [5.41, 5.74) is 5.45. The van der Waals surface area contributed by atoms with Crippen molar-refractivity contribution in [2.45, 2.75) is 18.2 Å². The van der Waals surface area contributed by atoms with Crippen molar-refractivity contribution in [3.05, 3.63) is 58.1 Å². The second-order valence-electron chi connectivity index (χ2n) is 4.79. The Bertz CT molecular complexity index is 595. The molecular formula is C16H15Br2N. The lowest BCUT2D eigenvalue weighted by Gasteiger charge is -2.32. The molecule has 19 heavy (non-hydrogen) atoms. The van der Waals surface area contributed by atoms with Crippen LogP contribution in [0, 0.1) is 0 Å². The summed E-state index contributed by atoms with van der Waals surface area (Å²) in [6, 6.07) is 15.2. The Morgan fingerprint density at radius 1 is 1.05 bits per heavy atom. The summed E-state index contributed by atoms with van der Waals surface area (Å²) in [5, 5.41) is 0.883. The van der Waals surface area contributed by atoms with Gasteiger partial charge in [-0.25, -0.2) is 0 Å². The summed E-state index contributed by atoms with van der Waals surface area (Å²) in [4.78, 5) is 2.44. The van der Waals surface area contributed by atoms with Crippen LogP contribution >= 0.6 is 31.9 Å². The van der Waals surface area contributed by atoms with Gasteiger partial charge in [-0.05, 0) is 42.2 Å². The predicted molar refractivity (Wildman–Crippen MR) is 88.5 cm³/mol. The van der Waals surface area contributed by atoms with Crippen LogP contribution in [-0.2, 0) is 11.8 Å². The maximum Gasteiger partial charge on any atom is 0.0463 e. The van der Waals surface area contributed by atoms with Gasteiger partial charge in [0.05, 0.1) is 0 Å². The minimum Gasteiger partial charge on any atom is -0.341 e. The normalized spacial score (nSPS) is 14.3. The molecule has 0 aromatic heterocycles. The maximum absolute atomic E-state index is 3.60. The molecule has 1 nitrogen and oxygen atoms in total. The van der Waals surface area contributed by atoms with E-state index in [-0.39, 0.29) is 0 Å². The van der Waals surface area contributed by atoms with Gasteiger partial charge >= 0.3 is 0 Å². The molecule has 0 N–H and O–H groups in total. The maximum atomic E-state index is 3.60. The first kappa shape index (κ1) is 13.2. The minimum absolute atomic E-state index is 0.883. The summed E-state index contributed by atoms with van der Waals surface area (Å²) in [6.45, 7) is 1.09. The van der Waals surface area contributed by atoms with E-state index in [1.54, 1.807) is 0 Å². The standard InChI is InChI=1S/C16H15Br2N/c17-11-13-7-8-14(18)10-16(13)19-9-3-5-12-4-1-2-6-15(12)19/h1-2,4,6-8,10H,3,5,9,11H2. The van der Waals surface area contributed by atoms with Gasteiger partial charge in [0.15, 0.2) is 0 Å². The van der Waals surface area contributed by atoms with Crippen molar-refractivity contribution in [1.29, 1.82) is 0 Å². The fourth-order valence-electron chi connectivity index (χ4n) is 2.69. The largest absolute Gasteiger partial charge is 0.341 e. The number of halogens is 2. The molecule has 2 aromatic rings. The number of aryl methyl sites for hydroxylation is 1. The van der Waals surface area contributed by atoms with Crippen LogP contribution in [0.2, 0.25) is 0 Å². The van der Waals surface area contributed by atoms with E-state index in [1.807, 2.05) is 0 Å². The third-order valence-corrected chi connectivity index (χ3v) is 4.69. The Balaban J connectivity index is 2.11. The Labute approximate surface area is 130 Å². The number of anilines is 2. The number of alkyl halides is 1. The molecule has 0 saturated carbocycles. The zero-order valence-electron chi connectivity index (χ0n) is 10.6. The lowest BCUT2D eigenvalue weighted by Crippen LogP contribution is -2.25. The fraction of sp³-hybridized carbons (Fsp3) is 0.250. The van der Waals surface area contributed by atoms with E-state index in [0.29, 0.717) is 0 Å². The first-order valence-electron chi connectivity index (χ1n) is 6.49. The van der Waals surface area contributed by atoms with Crippen molar-refractivity contribution >= 4 is 43.2 Å². The minimum atomic E-state index is 0.883. The number of fused-ring (bicyclic) bond motifs is 1. The lowest BCUT2D eigenvalue weighted by molar-refractivity contribution is 0.765. The summed E-state index contributed by atoms with van der Waals surface area (Å²) >= 11 is 7.19. The molecule has 0 fully saturated rings. The number of hydrogen-bond acceptors (Lipinski definition) is 1. The highest BCUT2D eigenvalue weighted by atomic mass is 79.9. The van der Waals surface area contributed by atoms with Crippen LogP contribution in [0.5, 0.6) is 0 Å². The van der Waals surface area contributed by atoms with E-state index < -0.39 is 0 Å². The van der Waals surface area contributed by atoms with Crippen LogP contribution in [0.3, 0.4) is 0 Å². The van der Waals surface area contributed by atoms with Gasteiger partial charge < -0.3 is 4.90 Å². The molecule has 0 unspecified atom stereocenters. The average molecular weight is 381 g/mol. The highest BCUT2D eigenvalue weighted by Gasteiger charge is 2.19. The van der Waals surface area contributed by atoms with Gasteiger partial charge in [0, 0.05) is 27.7 Å². The number of rotatable bonds is 2. The third kappa shape index (κ3) is 2.59. The highest BCUT2D eigenvalue weighted by Crippen LogP contribution is 2.37. The van der Waals surface area contributed by atoms with Crippen molar-refractivity contribution in [2.75, 3.05) is 11.4 Å². The number of nitrogens with zero attached hydrogens (tertiary/aromatic N) is 1. The Morgan fingerprint density at radius 3 is 2.74 bits per heavy atom. The lowest BCUT2D eigenvalue weighted by atomic mass is 10.0. The first-order valence-corrected chi connectivity index (χ1v) is 8.41. The van der Waals surface area contributed by atoms with Crippen LogP contribution in [-0.4, -0.2) is 6.54 Å². The van der Waals surface area contributed by atoms with Gasteiger partial charge in [-0.1, -0.05) is 56.1 Å². The molecule has 98 valence electrons.